The van der Waals surface area contributed by atoms with Gasteiger partial charge in [0.25, 0.3) is 0 Å². The molecule has 2 aliphatic heterocycles. The maximum absolute atomic E-state index is 13.0. The predicted octanol–water partition coefficient (Wildman–Crippen LogP) is 2.78. The highest BCUT2D eigenvalue weighted by Crippen LogP contribution is 2.27. The maximum Gasteiger partial charge on any atom is 0.414 e. The number of carbonyl (C=O) groups is 3. The first kappa shape index (κ1) is 25.0. The van der Waals surface area contributed by atoms with Crippen molar-refractivity contribution in [2.24, 2.45) is 11.8 Å². The van der Waals surface area contributed by atoms with Crippen LogP contribution in [0.2, 0.25) is 0 Å². The smallest absolute Gasteiger partial charge is 0.414 e. The van der Waals surface area contributed by atoms with Gasteiger partial charge in [-0.15, -0.1) is 0 Å². The number of carboxylic acid groups (broad SMARTS) is 2. The Hall–Kier alpha value is -2.61. The lowest BCUT2D eigenvalue weighted by atomic mass is 9.87. The van der Waals surface area contributed by atoms with Crippen LogP contribution in [0.1, 0.15) is 44.9 Å². The third-order valence-corrected chi connectivity index (χ3v) is 7.07. The monoisotopic (exact) mass is 459 g/mol. The Labute approximate surface area is 196 Å². The lowest BCUT2D eigenvalue weighted by molar-refractivity contribution is -0.159. The van der Waals surface area contributed by atoms with Crippen molar-refractivity contribution in [3.8, 4) is 0 Å². The van der Waals surface area contributed by atoms with Crippen molar-refractivity contribution < 1.29 is 24.6 Å². The van der Waals surface area contributed by atoms with Gasteiger partial charge in [0, 0.05) is 44.3 Å². The minimum atomic E-state index is -1.82. The van der Waals surface area contributed by atoms with Crippen LogP contribution in [0, 0.1) is 11.8 Å². The number of aliphatic carboxylic acids is 2. The molecule has 0 unspecified atom stereocenters. The van der Waals surface area contributed by atoms with Crippen LogP contribution in [-0.4, -0.2) is 83.7 Å². The molecule has 2 N–H and O–H groups in total. The molecule has 0 aromatic heterocycles. The number of hydrogen-bond acceptors (Lipinski definition) is 5. The normalized spacial score (nSPS) is 20.6. The highest BCUT2D eigenvalue weighted by molar-refractivity contribution is 6.27. The number of amides is 1. The van der Waals surface area contributed by atoms with Crippen LogP contribution in [0.3, 0.4) is 0 Å². The third kappa shape index (κ3) is 7.74. The summed E-state index contributed by atoms with van der Waals surface area (Å²) in [5, 5.41) is 14.8. The first-order valence-electron chi connectivity index (χ1n) is 12.2. The lowest BCUT2D eigenvalue weighted by Crippen LogP contribution is -2.51. The first-order valence-corrected chi connectivity index (χ1v) is 12.2. The van der Waals surface area contributed by atoms with E-state index in [0.29, 0.717) is 5.91 Å². The van der Waals surface area contributed by atoms with Crippen LogP contribution in [0.5, 0.6) is 0 Å². The zero-order valence-corrected chi connectivity index (χ0v) is 19.4. The summed E-state index contributed by atoms with van der Waals surface area (Å²) >= 11 is 0. The SMILES string of the molecule is O=C(C1CCN(CC2CCCCC2)CC1)N1CCN(c2ccccc2)CC1.O=C(O)C(=O)O. The molecule has 1 aromatic rings. The molecular formula is C25H37N3O5. The van der Waals surface area contributed by atoms with E-state index in [4.69, 9.17) is 19.8 Å². The van der Waals surface area contributed by atoms with Crippen molar-refractivity contribution in [2.45, 2.75) is 44.9 Å². The number of piperidine rings is 1. The Morgan fingerprint density at radius 1 is 0.758 bits per heavy atom. The largest absolute Gasteiger partial charge is 0.473 e. The van der Waals surface area contributed by atoms with Gasteiger partial charge in [0.1, 0.15) is 0 Å². The van der Waals surface area contributed by atoms with Gasteiger partial charge in [-0.2, -0.15) is 0 Å². The molecule has 2 heterocycles. The number of nitrogens with zero attached hydrogens (tertiary/aromatic N) is 3. The van der Waals surface area contributed by atoms with Gasteiger partial charge >= 0.3 is 11.9 Å². The second-order valence-electron chi connectivity index (χ2n) is 9.34. The van der Waals surface area contributed by atoms with E-state index < -0.39 is 11.9 Å². The van der Waals surface area contributed by atoms with Crippen molar-refractivity contribution in [1.82, 2.24) is 9.80 Å². The maximum atomic E-state index is 13.0. The van der Waals surface area contributed by atoms with Gasteiger partial charge in [-0.05, 0) is 56.8 Å². The van der Waals surface area contributed by atoms with Crippen LogP contribution >= 0.6 is 0 Å². The van der Waals surface area contributed by atoms with E-state index in [2.05, 4.69) is 45.0 Å². The molecule has 1 aromatic carbocycles. The molecule has 3 fully saturated rings. The number of para-hydroxylation sites is 1. The second kappa shape index (κ2) is 12.6. The predicted molar refractivity (Wildman–Crippen MR) is 126 cm³/mol. The Balaban J connectivity index is 0.000000454. The summed E-state index contributed by atoms with van der Waals surface area (Å²) in [6.07, 6.45) is 9.25. The van der Waals surface area contributed by atoms with E-state index in [1.165, 1.54) is 44.3 Å². The lowest BCUT2D eigenvalue weighted by Gasteiger charge is -2.40. The molecule has 8 nitrogen and oxygen atoms in total. The van der Waals surface area contributed by atoms with E-state index in [1.54, 1.807) is 0 Å². The fourth-order valence-corrected chi connectivity index (χ4v) is 5.18. The molecule has 1 amide bonds. The van der Waals surface area contributed by atoms with Gasteiger partial charge in [0.05, 0.1) is 0 Å². The summed E-state index contributed by atoms with van der Waals surface area (Å²) in [5.41, 5.74) is 1.28. The topological polar surface area (TPSA) is 101 Å². The molecule has 4 rings (SSSR count). The zero-order valence-electron chi connectivity index (χ0n) is 19.4. The first-order chi connectivity index (χ1) is 15.9. The van der Waals surface area contributed by atoms with Crippen LogP contribution < -0.4 is 4.90 Å². The number of hydrogen-bond donors (Lipinski definition) is 2. The Bertz CT molecular complexity index is 754. The van der Waals surface area contributed by atoms with Gasteiger partial charge in [-0.3, -0.25) is 4.79 Å². The second-order valence-corrected chi connectivity index (χ2v) is 9.34. The molecule has 0 radical (unpaired) electrons. The molecule has 2 saturated heterocycles. The molecule has 1 saturated carbocycles. The molecular weight excluding hydrogens is 422 g/mol. The molecule has 0 bridgehead atoms. The van der Waals surface area contributed by atoms with Crippen molar-refractivity contribution in [3.63, 3.8) is 0 Å². The van der Waals surface area contributed by atoms with Crippen molar-refractivity contribution in [1.29, 1.82) is 0 Å². The average molecular weight is 460 g/mol. The van der Waals surface area contributed by atoms with Crippen LogP contribution in [0.4, 0.5) is 5.69 Å². The minimum absolute atomic E-state index is 0.260. The van der Waals surface area contributed by atoms with Gasteiger partial charge in [-0.1, -0.05) is 37.5 Å². The Kier molecular flexibility index (Phi) is 9.54. The van der Waals surface area contributed by atoms with E-state index in [9.17, 15) is 4.79 Å². The summed E-state index contributed by atoms with van der Waals surface area (Å²) in [5.74, 6) is -2.06. The third-order valence-electron chi connectivity index (χ3n) is 7.07. The quantitative estimate of drug-likeness (QED) is 0.668. The number of anilines is 1. The number of carboxylic acids is 2. The van der Waals surface area contributed by atoms with Crippen molar-refractivity contribution >= 4 is 23.5 Å². The van der Waals surface area contributed by atoms with E-state index in [0.717, 1.165) is 58.0 Å². The fourth-order valence-electron chi connectivity index (χ4n) is 5.18. The molecule has 1 aliphatic carbocycles. The molecule has 3 aliphatic rings. The summed E-state index contributed by atoms with van der Waals surface area (Å²) in [7, 11) is 0. The molecule has 33 heavy (non-hydrogen) atoms. The van der Waals surface area contributed by atoms with Gasteiger partial charge in [0.2, 0.25) is 5.91 Å². The summed E-state index contributed by atoms with van der Waals surface area (Å²) in [6.45, 7) is 7.17. The van der Waals surface area contributed by atoms with Gasteiger partial charge in [-0.25, -0.2) is 9.59 Å². The van der Waals surface area contributed by atoms with Crippen molar-refractivity contribution in [2.75, 3.05) is 50.7 Å². The van der Waals surface area contributed by atoms with E-state index in [-0.39, 0.29) is 5.92 Å². The summed E-state index contributed by atoms with van der Waals surface area (Å²) in [4.78, 5) is 38.3. The van der Waals surface area contributed by atoms with Crippen LogP contribution in [0.15, 0.2) is 30.3 Å². The number of piperazine rings is 1. The van der Waals surface area contributed by atoms with Gasteiger partial charge < -0.3 is 24.9 Å². The van der Waals surface area contributed by atoms with E-state index in [1.807, 2.05) is 0 Å². The summed E-state index contributed by atoms with van der Waals surface area (Å²) < 4.78 is 0. The van der Waals surface area contributed by atoms with E-state index >= 15 is 0 Å². The van der Waals surface area contributed by atoms with Gasteiger partial charge in [0.15, 0.2) is 0 Å². The Morgan fingerprint density at radius 3 is 1.88 bits per heavy atom. The summed E-state index contributed by atoms with van der Waals surface area (Å²) in [6, 6.07) is 10.6. The van der Waals surface area contributed by atoms with Crippen LogP contribution in [0.25, 0.3) is 0 Å². The number of carbonyl (C=O) groups excluding carboxylic acids is 1. The average Bonchev–Trinajstić information content (AvgIpc) is 2.86. The van der Waals surface area contributed by atoms with Crippen LogP contribution in [-0.2, 0) is 14.4 Å². The highest BCUT2D eigenvalue weighted by Gasteiger charge is 2.31. The number of likely N-dealkylation sites (tertiary alicyclic amines) is 1. The molecule has 0 spiro atoms. The number of benzene rings is 1. The molecule has 8 heteroatoms. The standard InChI is InChI=1S/C23H35N3O.C2H2O4/c27-23(26-17-15-25(16-18-26)22-9-5-2-6-10-22)21-11-13-24(14-12-21)19-20-7-3-1-4-8-20;3-1(4)2(5)6/h2,5-6,9-10,20-21H,1,3-4,7-8,11-19H2;(H,3,4)(H,5,6). The zero-order chi connectivity index (χ0) is 23.6. The fraction of sp³-hybridized carbons (Fsp3) is 0.640. The number of rotatable bonds is 4. The Morgan fingerprint density at radius 2 is 1.33 bits per heavy atom. The molecule has 182 valence electrons. The minimum Gasteiger partial charge on any atom is -0.473 e. The van der Waals surface area contributed by atoms with Crippen molar-refractivity contribution in [3.05, 3.63) is 30.3 Å². The molecule has 0 atom stereocenters. The highest BCUT2D eigenvalue weighted by atomic mass is 16.4.